The van der Waals surface area contributed by atoms with Crippen LogP contribution in [0.3, 0.4) is 0 Å². The molecule has 8 nitrogen and oxygen atoms in total. The van der Waals surface area contributed by atoms with Gasteiger partial charge in [0.2, 0.25) is 0 Å². The second kappa shape index (κ2) is 10.2. The molecule has 0 radical (unpaired) electrons. The Kier molecular flexibility index (Phi) is 7.07. The average Bonchev–Trinajstić information content (AvgIpc) is 3.25. The van der Waals surface area contributed by atoms with Gasteiger partial charge in [-0.25, -0.2) is 4.68 Å². The average molecular weight is 483 g/mol. The molecule has 4 rings (SSSR count). The fourth-order valence-corrected chi connectivity index (χ4v) is 4.30. The molecular formula is C25H27ClN4O4. The van der Waals surface area contributed by atoms with Gasteiger partial charge in [0, 0.05) is 24.2 Å². The van der Waals surface area contributed by atoms with E-state index >= 15 is 0 Å². The molecule has 1 N–H and O–H groups in total. The van der Waals surface area contributed by atoms with Crippen molar-refractivity contribution in [3.8, 4) is 17.2 Å². The lowest BCUT2D eigenvalue weighted by molar-refractivity contribution is 0.0725. The number of likely N-dealkylation sites (tertiary alicyclic amines) is 1. The summed E-state index contributed by atoms with van der Waals surface area (Å²) >= 11 is 6.11. The molecule has 1 saturated heterocycles. The van der Waals surface area contributed by atoms with Crippen LogP contribution in [-0.4, -0.2) is 53.8 Å². The predicted molar refractivity (Wildman–Crippen MR) is 131 cm³/mol. The smallest absolute Gasteiger partial charge is 0.259 e. The second-order valence-electron chi connectivity index (χ2n) is 8.10. The van der Waals surface area contributed by atoms with Crippen LogP contribution in [0.15, 0.2) is 42.6 Å². The molecule has 0 atom stereocenters. The first-order valence-corrected chi connectivity index (χ1v) is 11.5. The van der Waals surface area contributed by atoms with Crippen molar-refractivity contribution in [1.29, 1.82) is 0 Å². The largest absolute Gasteiger partial charge is 0.493 e. The molecule has 1 fully saturated rings. The molecule has 0 saturated carbocycles. The summed E-state index contributed by atoms with van der Waals surface area (Å²) in [4.78, 5) is 28.4. The molecule has 1 aliphatic heterocycles. The van der Waals surface area contributed by atoms with Gasteiger partial charge in [-0.2, -0.15) is 5.10 Å². The van der Waals surface area contributed by atoms with E-state index in [-0.39, 0.29) is 11.8 Å². The highest BCUT2D eigenvalue weighted by Gasteiger charge is 2.25. The fourth-order valence-electron chi connectivity index (χ4n) is 4.12. The zero-order valence-electron chi connectivity index (χ0n) is 19.4. The maximum atomic E-state index is 13.3. The summed E-state index contributed by atoms with van der Waals surface area (Å²) in [5.74, 6) is 0.304. The third-order valence-corrected chi connectivity index (χ3v) is 6.19. The van der Waals surface area contributed by atoms with Gasteiger partial charge in [-0.05, 0) is 50.5 Å². The van der Waals surface area contributed by atoms with E-state index in [0.717, 1.165) is 24.9 Å². The van der Waals surface area contributed by atoms with Crippen LogP contribution in [-0.2, 0) is 0 Å². The van der Waals surface area contributed by atoms with Gasteiger partial charge in [-0.1, -0.05) is 17.7 Å². The lowest BCUT2D eigenvalue weighted by Gasteiger charge is -2.28. The first-order valence-electron chi connectivity index (χ1n) is 11.1. The molecule has 0 bridgehead atoms. The number of amides is 2. The molecule has 3 aromatic rings. The number of carbonyl (C=O) groups is 2. The number of piperidine rings is 1. The number of anilines is 1. The summed E-state index contributed by atoms with van der Waals surface area (Å²) < 4.78 is 12.5. The number of ether oxygens (including phenoxy) is 2. The Morgan fingerprint density at radius 3 is 2.38 bits per heavy atom. The van der Waals surface area contributed by atoms with E-state index in [1.54, 1.807) is 35.9 Å². The molecule has 0 aliphatic carbocycles. The van der Waals surface area contributed by atoms with Crippen LogP contribution >= 0.6 is 11.6 Å². The van der Waals surface area contributed by atoms with Crippen molar-refractivity contribution in [3.63, 3.8) is 0 Å². The normalized spacial score (nSPS) is 13.5. The van der Waals surface area contributed by atoms with Crippen LogP contribution in [0.25, 0.3) is 5.69 Å². The van der Waals surface area contributed by atoms with E-state index < -0.39 is 0 Å². The number of hydrogen-bond donors (Lipinski definition) is 1. The molecule has 2 aromatic carbocycles. The van der Waals surface area contributed by atoms with Crippen LogP contribution in [0, 0.1) is 6.92 Å². The Labute approximate surface area is 203 Å². The van der Waals surface area contributed by atoms with E-state index in [4.69, 9.17) is 21.1 Å². The maximum absolute atomic E-state index is 13.3. The molecule has 1 aliphatic rings. The van der Waals surface area contributed by atoms with Gasteiger partial charge in [-0.3, -0.25) is 9.59 Å². The number of nitrogens with zero attached hydrogens (tertiary/aromatic N) is 3. The Balaban J connectivity index is 1.67. The van der Waals surface area contributed by atoms with Gasteiger partial charge < -0.3 is 19.7 Å². The number of hydrogen-bond acceptors (Lipinski definition) is 5. The van der Waals surface area contributed by atoms with Crippen LogP contribution in [0.5, 0.6) is 11.5 Å². The van der Waals surface area contributed by atoms with Crippen molar-refractivity contribution in [1.82, 2.24) is 14.7 Å². The van der Waals surface area contributed by atoms with Crippen LogP contribution < -0.4 is 14.8 Å². The van der Waals surface area contributed by atoms with E-state index in [9.17, 15) is 9.59 Å². The van der Waals surface area contributed by atoms with Crippen molar-refractivity contribution in [2.24, 2.45) is 0 Å². The number of carbonyl (C=O) groups excluding carboxylic acids is 2. The molecule has 0 spiro atoms. The third kappa shape index (κ3) is 4.72. The molecule has 9 heteroatoms. The quantitative estimate of drug-likeness (QED) is 0.549. The van der Waals surface area contributed by atoms with E-state index in [1.807, 2.05) is 17.0 Å². The summed E-state index contributed by atoms with van der Waals surface area (Å²) in [5, 5.41) is 7.82. The van der Waals surface area contributed by atoms with E-state index in [0.29, 0.717) is 52.1 Å². The molecule has 178 valence electrons. The number of rotatable bonds is 6. The van der Waals surface area contributed by atoms with Gasteiger partial charge in [0.05, 0.1) is 48.6 Å². The van der Waals surface area contributed by atoms with Crippen LogP contribution in [0.2, 0.25) is 5.02 Å². The molecular weight excluding hydrogens is 456 g/mol. The molecule has 2 amide bonds. The summed E-state index contributed by atoms with van der Waals surface area (Å²) in [6, 6.07) is 10.5. The van der Waals surface area contributed by atoms with Crippen LogP contribution in [0.1, 0.15) is 45.7 Å². The predicted octanol–water partition coefficient (Wildman–Crippen LogP) is 4.73. The summed E-state index contributed by atoms with van der Waals surface area (Å²) in [7, 11) is 3.02. The Morgan fingerprint density at radius 2 is 1.71 bits per heavy atom. The zero-order chi connectivity index (χ0) is 24.2. The minimum Gasteiger partial charge on any atom is -0.493 e. The standard InChI is InChI=1S/C25H27ClN4O4/c1-16-20(15-27-30(16)18-9-7-8-17(26)12-18)24(31)28-21-14-23(34-3)22(33-2)13-19(21)25(32)29-10-5-4-6-11-29/h7-9,12-15H,4-6,10-11H2,1-3H3,(H,28,31). The minimum atomic E-state index is -0.384. The van der Waals surface area contributed by atoms with Gasteiger partial charge in [-0.15, -0.1) is 0 Å². The summed E-state index contributed by atoms with van der Waals surface area (Å²) in [5.41, 5.74) is 2.48. The Morgan fingerprint density at radius 1 is 1.00 bits per heavy atom. The molecule has 0 unspecified atom stereocenters. The lowest BCUT2D eigenvalue weighted by Crippen LogP contribution is -2.36. The Bertz CT molecular complexity index is 1220. The van der Waals surface area contributed by atoms with Gasteiger partial charge in [0.25, 0.3) is 11.8 Å². The van der Waals surface area contributed by atoms with E-state index in [1.165, 1.54) is 20.4 Å². The number of aromatic nitrogens is 2. The molecule has 34 heavy (non-hydrogen) atoms. The molecule has 2 heterocycles. The van der Waals surface area contributed by atoms with Crippen molar-refractivity contribution >= 4 is 29.1 Å². The highest BCUT2D eigenvalue weighted by atomic mass is 35.5. The van der Waals surface area contributed by atoms with Crippen molar-refractivity contribution < 1.29 is 19.1 Å². The SMILES string of the molecule is COc1cc(NC(=O)c2cnn(-c3cccc(Cl)c3)c2C)c(C(=O)N2CCCCC2)cc1OC. The summed E-state index contributed by atoms with van der Waals surface area (Å²) in [6.45, 7) is 3.18. The Hall–Kier alpha value is -3.52. The number of benzene rings is 2. The number of nitrogens with one attached hydrogen (secondary N) is 1. The third-order valence-electron chi connectivity index (χ3n) is 5.95. The van der Waals surface area contributed by atoms with E-state index in [2.05, 4.69) is 10.4 Å². The minimum absolute atomic E-state index is 0.151. The topological polar surface area (TPSA) is 85.7 Å². The van der Waals surface area contributed by atoms with Crippen molar-refractivity contribution in [3.05, 3.63) is 64.4 Å². The molecule has 1 aromatic heterocycles. The van der Waals surface area contributed by atoms with Gasteiger partial charge in [0.15, 0.2) is 11.5 Å². The zero-order valence-corrected chi connectivity index (χ0v) is 20.2. The highest BCUT2D eigenvalue weighted by molar-refractivity contribution is 6.30. The number of halogens is 1. The van der Waals surface area contributed by atoms with Gasteiger partial charge in [0.1, 0.15) is 0 Å². The number of methoxy groups -OCH3 is 2. The van der Waals surface area contributed by atoms with Gasteiger partial charge >= 0.3 is 0 Å². The monoisotopic (exact) mass is 482 g/mol. The first-order chi connectivity index (χ1) is 16.4. The summed E-state index contributed by atoms with van der Waals surface area (Å²) in [6.07, 6.45) is 4.53. The first kappa shape index (κ1) is 23.6. The fraction of sp³-hybridized carbons (Fsp3) is 0.320. The second-order valence-corrected chi connectivity index (χ2v) is 8.53. The lowest BCUT2D eigenvalue weighted by atomic mass is 10.1. The van der Waals surface area contributed by atoms with Crippen LogP contribution in [0.4, 0.5) is 5.69 Å². The highest BCUT2D eigenvalue weighted by Crippen LogP contribution is 2.35. The van der Waals surface area contributed by atoms with Crippen molar-refractivity contribution in [2.45, 2.75) is 26.2 Å². The van der Waals surface area contributed by atoms with Crippen molar-refractivity contribution in [2.75, 3.05) is 32.6 Å². The maximum Gasteiger partial charge on any atom is 0.259 e.